The molecule has 5 nitrogen and oxygen atoms in total. The quantitative estimate of drug-likeness (QED) is 0.773. The van der Waals surface area contributed by atoms with Crippen LogP contribution in [0.4, 0.5) is 5.69 Å². The lowest BCUT2D eigenvalue weighted by molar-refractivity contribution is -0.115. The molecule has 0 saturated carbocycles. The molecule has 0 aliphatic rings. The number of carbonyl (C=O) groups excluding carboxylic acids is 1. The van der Waals surface area contributed by atoms with Gasteiger partial charge in [0.15, 0.2) is 11.5 Å². The van der Waals surface area contributed by atoms with Crippen molar-refractivity contribution in [3.63, 3.8) is 0 Å². The van der Waals surface area contributed by atoms with Gasteiger partial charge in [-0.05, 0) is 19.1 Å². The maximum absolute atomic E-state index is 11.4. The molecule has 0 fully saturated rings. The monoisotopic (exact) mass is 273 g/mol. The Labute approximate surface area is 111 Å². The average Bonchev–Trinajstić information content (AvgIpc) is 2.36. The Hall–Kier alpha value is -1.46. The lowest BCUT2D eigenvalue weighted by atomic mass is 10.2. The molecule has 1 amide bonds. The molecule has 0 bridgehead atoms. The first-order valence-electron chi connectivity index (χ1n) is 5.45. The Bertz CT molecular complexity index is 409. The van der Waals surface area contributed by atoms with E-state index in [1.165, 1.54) is 7.11 Å². The first-order chi connectivity index (χ1) is 8.58. The molecular weight excluding hydrogens is 258 g/mol. The summed E-state index contributed by atoms with van der Waals surface area (Å²) in [4.78, 5) is 11.4. The Balaban J connectivity index is 2.84. The van der Waals surface area contributed by atoms with Crippen LogP contribution in [-0.4, -0.2) is 36.7 Å². The summed E-state index contributed by atoms with van der Waals surface area (Å²) in [6.07, 6.45) is 0. The molecule has 0 aliphatic heterocycles. The van der Waals surface area contributed by atoms with Crippen molar-refractivity contribution in [1.82, 2.24) is 0 Å². The molecule has 0 heterocycles. The number of methoxy groups -OCH3 is 1. The molecular formula is C12H16ClNO4. The van der Waals surface area contributed by atoms with Crippen LogP contribution in [0.5, 0.6) is 11.5 Å². The lowest BCUT2D eigenvalue weighted by Gasteiger charge is -2.12. The maximum Gasteiger partial charge on any atom is 0.242 e. The molecule has 1 aromatic carbocycles. The van der Waals surface area contributed by atoms with Crippen LogP contribution >= 0.6 is 11.6 Å². The highest BCUT2D eigenvalue weighted by molar-refractivity contribution is 6.32. The lowest BCUT2D eigenvalue weighted by Crippen LogP contribution is -2.20. The summed E-state index contributed by atoms with van der Waals surface area (Å²) in [5, 5.41) is 10.7. The molecule has 100 valence electrons. The van der Waals surface area contributed by atoms with Crippen LogP contribution in [-0.2, 0) is 4.79 Å². The van der Waals surface area contributed by atoms with E-state index in [2.05, 4.69) is 5.32 Å². The molecule has 0 spiro atoms. The molecule has 0 aromatic heterocycles. The molecule has 18 heavy (non-hydrogen) atoms. The van der Waals surface area contributed by atoms with Gasteiger partial charge < -0.3 is 19.9 Å². The minimum absolute atomic E-state index is 0.0988. The predicted molar refractivity (Wildman–Crippen MR) is 69.5 cm³/mol. The van der Waals surface area contributed by atoms with Gasteiger partial charge in [0.25, 0.3) is 0 Å². The van der Waals surface area contributed by atoms with Crippen LogP contribution in [0.25, 0.3) is 0 Å². The Morgan fingerprint density at radius 1 is 1.50 bits per heavy atom. The Morgan fingerprint density at radius 2 is 2.22 bits per heavy atom. The highest BCUT2D eigenvalue weighted by atomic mass is 35.5. The summed E-state index contributed by atoms with van der Waals surface area (Å²) in [5.74, 6) is 0.682. The maximum atomic E-state index is 11.4. The number of rotatable bonds is 6. The third-order valence-corrected chi connectivity index (χ3v) is 2.34. The van der Waals surface area contributed by atoms with Crippen molar-refractivity contribution in [3.8, 4) is 11.5 Å². The molecule has 2 N–H and O–H groups in total. The number of amides is 1. The van der Waals surface area contributed by atoms with Gasteiger partial charge in [0.05, 0.1) is 13.7 Å². The van der Waals surface area contributed by atoms with E-state index >= 15 is 0 Å². The zero-order valence-electron chi connectivity index (χ0n) is 10.3. The van der Waals surface area contributed by atoms with Gasteiger partial charge in [0, 0.05) is 11.8 Å². The summed E-state index contributed by atoms with van der Waals surface area (Å²) < 4.78 is 10.4. The van der Waals surface area contributed by atoms with Crippen LogP contribution in [0.15, 0.2) is 18.2 Å². The first-order valence-corrected chi connectivity index (χ1v) is 5.88. The van der Waals surface area contributed by atoms with E-state index in [1.54, 1.807) is 25.1 Å². The van der Waals surface area contributed by atoms with Crippen molar-refractivity contribution in [1.29, 1.82) is 0 Å². The van der Waals surface area contributed by atoms with E-state index in [0.717, 1.165) is 0 Å². The fourth-order valence-corrected chi connectivity index (χ4v) is 1.32. The molecule has 6 heteroatoms. The standard InChI is InChI=1S/C12H16ClNO4/c1-8(13)12(16)14-9-3-4-10(17-2)11(7-9)18-6-5-15/h3-4,7-8,15H,5-6H2,1-2H3,(H,14,16). The Kier molecular flexibility index (Phi) is 5.74. The third-order valence-electron chi connectivity index (χ3n) is 2.14. The summed E-state index contributed by atoms with van der Waals surface area (Å²) in [5.41, 5.74) is 0.557. The third kappa shape index (κ3) is 4.09. The zero-order valence-corrected chi connectivity index (χ0v) is 11.0. The van der Waals surface area contributed by atoms with Gasteiger partial charge in [0.1, 0.15) is 12.0 Å². The van der Waals surface area contributed by atoms with Gasteiger partial charge in [-0.1, -0.05) is 0 Å². The number of hydrogen-bond acceptors (Lipinski definition) is 4. The summed E-state index contributed by atoms with van der Waals surface area (Å²) >= 11 is 5.66. The smallest absolute Gasteiger partial charge is 0.242 e. The number of carbonyl (C=O) groups is 1. The van der Waals surface area contributed by atoms with E-state index in [0.29, 0.717) is 17.2 Å². The van der Waals surface area contributed by atoms with Crippen molar-refractivity contribution in [3.05, 3.63) is 18.2 Å². The molecule has 1 atom stereocenters. The van der Waals surface area contributed by atoms with E-state index in [4.69, 9.17) is 26.2 Å². The van der Waals surface area contributed by atoms with Crippen molar-refractivity contribution in [2.45, 2.75) is 12.3 Å². The number of hydrogen-bond donors (Lipinski definition) is 2. The van der Waals surface area contributed by atoms with E-state index in [9.17, 15) is 4.79 Å². The number of aliphatic hydroxyl groups is 1. The zero-order chi connectivity index (χ0) is 13.5. The van der Waals surface area contributed by atoms with Crippen LogP contribution in [0.3, 0.4) is 0 Å². The van der Waals surface area contributed by atoms with Crippen LogP contribution in [0, 0.1) is 0 Å². The minimum Gasteiger partial charge on any atom is -0.493 e. The van der Waals surface area contributed by atoms with Crippen molar-refractivity contribution < 1.29 is 19.4 Å². The number of nitrogens with one attached hydrogen (secondary N) is 1. The first kappa shape index (κ1) is 14.6. The summed E-state index contributed by atoms with van der Waals surface area (Å²) in [7, 11) is 1.51. The number of alkyl halides is 1. The highest BCUT2D eigenvalue weighted by Gasteiger charge is 2.11. The second-order valence-electron chi connectivity index (χ2n) is 3.54. The number of halogens is 1. The number of ether oxygens (including phenoxy) is 2. The molecule has 1 rings (SSSR count). The van der Waals surface area contributed by atoms with E-state index in [-0.39, 0.29) is 19.1 Å². The fourth-order valence-electron chi connectivity index (χ4n) is 1.26. The number of aliphatic hydroxyl groups excluding tert-OH is 1. The summed E-state index contributed by atoms with van der Waals surface area (Å²) in [6.45, 7) is 1.64. The molecule has 0 aliphatic carbocycles. The molecule has 0 radical (unpaired) electrons. The van der Waals surface area contributed by atoms with Crippen LogP contribution < -0.4 is 14.8 Å². The van der Waals surface area contributed by atoms with Crippen molar-refractivity contribution in [2.24, 2.45) is 0 Å². The van der Waals surface area contributed by atoms with Gasteiger partial charge in [-0.25, -0.2) is 0 Å². The molecule has 0 saturated heterocycles. The van der Waals surface area contributed by atoms with Gasteiger partial charge in [0.2, 0.25) is 5.91 Å². The van der Waals surface area contributed by atoms with Crippen molar-refractivity contribution in [2.75, 3.05) is 25.6 Å². The second kappa shape index (κ2) is 7.08. The minimum atomic E-state index is -0.617. The van der Waals surface area contributed by atoms with Gasteiger partial charge in [-0.3, -0.25) is 4.79 Å². The largest absolute Gasteiger partial charge is 0.493 e. The van der Waals surface area contributed by atoms with Gasteiger partial charge in [-0.15, -0.1) is 11.6 Å². The van der Waals surface area contributed by atoms with Crippen LogP contribution in [0.2, 0.25) is 0 Å². The fraction of sp³-hybridized carbons (Fsp3) is 0.417. The van der Waals surface area contributed by atoms with Crippen LogP contribution in [0.1, 0.15) is 6.92 Å². The second-order valence-corrected chi connectivity index (χ2v) is 4.20. The number of benzene rings is 1. The van der Waals surface area contributed by atoms with E-state index in [1.807, 2.05) is 0 Å². The molecule has 1 unspecified atom stereocenters. The SMILES string of the molecule is COc1ccc(NC(=O)C(C)Cl)cc1OCCO. The topological polar surface area (TPSA) is 67.8 Å². The Morgan fingerprint density at radius 3 is 2.78 bits per heavy atom. The highest BCUT2D eigenvalue weighted by Crippen LogP contribution is 2.30. The average molecular weight is 274 g/mol. The summed E-state index contributed by atoms with van der Waals surface area (Å²) in [6, 6.07) is 4.97. The normalized spacial score (nSPS) is 11.8. The number of anilines is 1. The van der Waals surface area contributed by atoms with Crippen molar-refractivity contribution >= 4 is 23.2 Å². The van der Waals surface area contributed by atoms with E-state index < -0.39 is 5.38 Å². The predicted octanol–water partition coefficient (Wildman–Crippen LogP) is 1.63. The van der Waals surface area contributed by atoms with Gasteiger partial charge >= 0.3 is 0 Å². The molecule has 1 aromatic rings. The van der Waals surface area contributed by atoms with Gasteiger partial charge in [-0.2, -0.15) is 0 Å².